The van der Waals surface area contributed by atoms with Gasteiger partial charge in [0.05, 0.1) is 28.1 Å². The summed E-state index contributed by atoms with van der Waals surface area (Å²) >= 11 is 1.67. The first kappa shape index (κ1) is 15.7. The summed E-state index contributed by atoms with van der Waals surface area (Å²) in [5.41, 5.74) is 3.16. The van der Waals surface area contributed by atoms with E-state index in [1.807, 2.05) is 0 Å². The normalized spacial score (nSPS) is 16.7. The third-order valence-electron chi connectivity index (χ3n) is 4.30. The molecule has 0 amide bonds. The molecule has 4 rings (SSSR count). The summed E-state index contributed by atoms with van der Waals surface area (Å²) < 4.78 is 7.02. The van der Waals surface area contributed by atoms with Crippen molar-refractivity contribution in [1.29, 1.82) is 0 Å². The predicted molar refractivity (Wildman–Crippen MR) is 98.6 cm³/mol. The Morgan fingerprint density at radius 1 is 1.33 bits per heavy atom. The van der Waals surface area contributed by atoms with Crippen molar-refractivity contribution in [2.45, 2.75) is 46.3 Å². The highest BCUT2D eigenvalue weighted by atomic mass is 32.1. The molecule has 3 aromatic heterocycles. The molecule has 126 valence electrons. The van der Waals surface area contributed by atoms with Crippen molar-refractivity contribution in [2.24, 2.45) is 5.92 Å². The summed E-state index contributed by atoms with van der Waals surface area (Å²) in [6, 6.07) is 2.20. The van der Waals surface area contributed by atoms with Crippen LogP contribution in [0, 0.1) is 5.92 Å². The lowest BCUT2D eigenvalue weighted by atomic mass is 9.95. The Balaban J connectivity index is 1.84. The van der Waals surface area contributed by atoms with Crippen molar-refractivity contribution < 1.29 is 4.74 Å². The van der Waals surface area contributed by atoms with Crippen LogP contribution in [0.5, 0.6) is 0 Å². The van der Waals surface area contributed by atoms with E-state index in [4.69, 9.17) is 9.72 Å². The fourth-order valence-corrected chi connectivity index (χ4v) is 4.11. The van der Waals surface area contributed by atoms with Gasteiger partial charge in [0.15, 0.2) is 0 Å². The Kier molecular flexibility index (Phi) is 3.69. The van der Waals surface area contributed by atoms with Crippen molar-refractivity contribution in [2.75, 3.05) is 11.9 Å². The average molecular weight is 342 g/mol. The molecule has 0 radical (unpaired) electrons. The first-order valence-corrected chi connectivity index (χ1v) is 9.18. The highest BCUT2D eigenvalue weighted by molar-refractivity contribution is 7.25. The molecule has 0 aliphatic carbocycles. The van der Waals surface area contributed by atoms with Crippen LogP contribution in [0.1, 0.15) is 39.0 Å². The zero-order valence-corrected chi connectivity index (χ0v) is 15.3. The number of aromatic nitrogens is 3. The summed E-state index contributed by atoms with van der Waals surface area (Å²) in [6.07, 6.45) is 2.48. The van der Waals surface area contributed by atoms with Crippen LogP contribution in [0.4, 0.5) is 5.82 Å². The van der Waals surface area contributed by atoms with Gasteiger partial charge in [-0.05, 0) is 25.8 Å². The van der Waals surface area contributed by atoms with E-state index in [2.05, 4.69) is 49.0 Å². The number of pyridine rings is 1. The molecule has 24 heavy (non-hydrogen) atoms. The van der Waals surface area contributed by atoms with Gasteiger partial charge in [-0.2, -0.15) is 0 Å². The maximum absolute atomic E-state index is 5.94. The standard InChI is InChI=1S/C18H22N4OS/c1-10(2)7-19-16-15-14(20-9-21-16)12-5-11-8-23-18(3,4)6-13(11)22-17(12)24-15/h5,9-10H,6-8H2,1-4H3,(H,19,20,21). The summed E-state index contributed by atoms with van der Waals surface area (Å²) in [5.74, 6) is 1.47. The van der Waals surface area contributed by atoms with Crippen molar-refractivity contribution in [3.63, 3.8) is 0 Å². The van der Waals surface area contributed by atoms with Gasteiger partial charge >= 0.3 is 0 Å². The molecule has 0 aromatic carbocycles. The maximum Gasteiger partial charge on any atom is 0.147 e. The van der Waals surface area contributed by atoms with Gasteiger partial charge in [0.25, 0.3) is 0 Å². The second kappa shape index (κ2) is 5.63. The molecule has 0 spiro atoms. The molecule has 4 heterocycles. The lowest BCUT2D eigenvalue weighted by Gasteiger charge is -2.30. The third kappa shape index (κ3) is 2.74. The van der Waals surface area contributed by atoms with Gasteiger partial charge in [0, 0.05) is 23.9 Å². The molecule has 0 saturated heterocycles. The van der Waals surface area contributed by atoms with E-state index in [9.17, 15) is 0 Å². The SMILES string of the molecule is CC(C)CNc1ncnc2c1sc1nc3c(cc12)COC(C)(C)C3. The van der Waals surface area contributed by atoms with E-state index in [1.165, 1.54) is 5.56 Å². The van der Waals surface area contributed by atoms with Crippen LogP contribution >= 0.6 is 11.3 Å². The quantitative estimate of drug-likeness (QED) is 0.774. The Morgan fingerprint density at radius 3 is 2.96 bits per heavy atom. The smallest absolute Gasteiger partial charge is 0.147 e. The van der Waals surface area contributed by atoms with E-state index >= 15 is 0 Å². The Morgan fingerprint density at radius 2 is 2.17 bits per heavy atom. The molecular weight excluding hydrogens is 320 g/mol. The molecule has 3 aromatic rings. The van der Waals surface area contributed by atoms with E-state index < -0.39 is 0 Å². The van der Waals surface area contributed by atoms with Crippen LogP contribution in [0.2, 0.25) is 0 Å². The fourth-order valence-electron chi connectivity index (χ4n) is 3.01. The second-order valence-electron chi connectivity index (χ2n) is 7.45. The zero-order chi connectivity index (χ0) is 16.9. The Hall–Kier alpha value is -1.79. The van der Waals surface area contributed by atoms with Crippen LogP contribution in [0.3, 0.4) is 0 Å². The van der Waals surface area contributed by atoms with Crippen molar-refractivity contribution in [3.8, 4) is 0 Å². The summed E-state index contributed by atoms with van der Waals surface area (Å²) in [7, 11) is 0. The molecule has 1 N–H and O–H groups in total. The predicted octanol–water partition coefficient (Wildman–Crippen LogP) is 4.16. The molecular formula is C18H22N4OS. The number of nitrogens with zero attached hydrogens (tertiary/aromatic N) is 3. The monoisotopic (exact) mass is 342 g/mol. The number of nitrogens with one attached hydrogen (secondary N) is 1. The summed E-state index contributed by atoms with van der Waals surface area (Å²) in [6.45, 7) is 10.1. The van der Waals surface area contributed by atoms with Crippen LogP contribution in [0.15, 0.2) is 12.4 Å². The van der Waals surface area contributed by atoms with Crippen molar-refractivity contribution in [1.82, 2.24) is 15.0 Å². The summed E-state index contributed by atoms with van der Waals surface area (Å²) in [5, 5.41) is 4.54. The van der Waals surface area contributed by atoms with Crippen LogP contribution in [-0.2, 0) is 17.8 Å². The van der Waals surface area contributed by atoms with E-state index in [0.717, 1.165) is 44.9 Å². The average Bonchev–Trinajstić information content (AvgIpc) is 2.88. The molecule has 6 heteroatoms. The third-order valence-corrected chi connectivity index (χ3v) is 5.40. The number of rotatable bonds is 3. The van der Waals surface area contributed by atoms with Gasteiger partial charge in [-0.1, -0.05) is 13.8 Å². The minimum atomic E-state index is -0.145. The number of fused-ring (bicyclic) bond motifs is 4. The highest BCUT2D eigenvalue weighted by Crippen LogP contribution is 2.37. The largest absolute Gasteiger partial charge is 0.370 e. The van der Waals surface area contributed by atoms with Crippen molar-refractivity contribution in [3.05, 3.63) is 23.7 Å². The second-order valence-corrected chi connectivity index (χ2v) is 8.45. The van der Waals surface area contributed by atoms with Crippen LogP contribution < -0.4 is 5.32 Å². The highest BCUT2D eigenvalue weighted by Gasteiger charge is 2.28. The van der Waals surface area contributed by atoms with E-state index in [0.29, 0.717) is 12.5 Å². The van der Waals surface area contributed by atoms with Crippen LogP contribution in [0.25, 0.3) is 20.4 Å². The lowest BCUT2D eigenvalue weighted by molar-refractivity contribution is -0.0411. The minimum Gasteiger partial charge on any atom is -0.370 e. The molecule has 1 aliphatic heterocycles. The van der Waals surface area contributed by atoms with Gasteiger partial charge in [0.2, 0.25) is 0 Å². The molecule has 5 nitrogen and oxygen atoms in total. The lowest BCUT2D eigenvalue weighted by Crippen LogP contribution is -2.32. The van der Waals surface area contributed by atoms with Gasteiger partial charge in [-0.25, -0.2) is 15.0 Å². The van der Waals surface area contributed by atoms with Crippen LogP contribution in [-0.4, -0.2) is 27.1 Å². The molecule has 0 atom stereocenters. The van der Waals surface area contributed by atoms with Gasteiger partial charge < -0.3 is 10.1 Å². The first-order chi connectivity index (χ1) is 11.4. The molecule has 0 unspecified atom stereocenters. The number of anilines is 1. The number of thiophene rings is 1. The van der Waals surface area contributed by atoms with Gasteiger partial charge in [-0.3, -0.25) is 0 Å². The number of hydrogen-bond acceptors (Lipinski definition) is 6. The van der Waals surface area contributed by atoms with Gasteiger partial charge in [-0.15, -0.1) is 11.3 Å². The van der Waals surface area contributed by atoms with Gasteiger partial charge in [0.1, 0.15) is 17.0 Å². The van der Waals surface area contributed by atoms with E-state index in [1.54, 1.807) is 17.7 Å². The Labute approximate surface area is 145 Å². The zero-order valence-electron chi connectivity index (χ0n) is 14.5. The topological polar surface area (TPSA) is 59.9 Å². The van der Waals surface area contributed by atoms with E-state index in [-0.39, 0.29) is 5.60 Å². The Bertz CT molecular complexity index is 916. The summed E-state index contributed by atoms with van der Waals surface area (Å²) in [4.78, 5) is 14.9. The maximum atomic E-state index is 5.94. The molecule has 0 bridgehead atoms. The number of ether oxygens (including phenoxy) is 1. The minimum absolute atomic E-state index is 0.145. The fraction of sp³-hybridized carbons (Fsp3) is 0.500. The first-order valence-electron chi connectivity index (χ1n) is 8.37. The molecule has 0 fully saturated rings. The van der Waals surface area contributed by atoms with Crippen molar-refractivity contribution >= 4 is 37.6 Å². The molecule has 1 aliphatic rings. The molecule has 0 saturated carbocycles. The number of hydrogen-bond donors (Lipinski definition) is 1.